The number of sulfonamides is 1. The van der Waals surface area contributed by atoms with Crippen molar-refractivity contribution in [1.29, 1.82) is 0 Å². The molecule has 5 N–H and O–H groups in total. The number of carbonyl (C=O) groups excluding carboxylic acids is 3. The van der Waals surface area contributed by atoms with Gasteiger partial charge in [-0.3, -0.25) is 14.4 Å². The number of likely N-dealkylation sites (N-methyl/N-ethyl adjacent to an activating group) is 1. The number of nitrogens with zero attached hydrogens (tertiary/aromatic N) is 2. The van der Waals surface area contributed by atoms with E-state index in [1.807, 2.05) is 6.92 Å². The third-order valence-electron chi connectivity index (χ3n) is 8.95. The van der Waals surface area contributed by atoms with Gasteiger partial charge < -0.3 is 35.8 Å². The quantitative estimate of drug-likeness (QED) is 0.132. The largest absolute Gasteiger partial charge is 0.497 e. The highest BCUT2D eigenvalue weighted by molar-refractivity contribution is 7.89. The Morgan fingerprint density at radius 1 is 1.04 bits per heavy atom. The molecule has 0 unspecified atom stereocenters. The highest BCUT2D eigenvalue weighted by atomic mass is 32.2. The molecule has 0 spiro atoms. The van der Waals surface area contributed by atoms with Crippen molar-refractivity contribution in [3.63, 3.8) is 0 Å². The number of rotatable bonds is 15. The maximum atomic E-state index is 13.6. The van der Waals surface area contributed by atoms with E-state index in [0.717, 1.165) is 0 Å². The average molecular weight is 724 g/mol. The number of para-hydroxylation sites is 2. The molecule has 1 heterocycles. The number of hydrogen-bond donors (Lipinski definition) is 4. The molecule has 3 atom stereocenters. The molecule has 13 nitrogen and oxygen atoms in total. The van der Waals surface area contributed by atoms with Crippen LogP contribution in [0.5, 0.6) is 11.5 Å². The van der Waals surface area contributed by atoms with Crippen molar-refractivity contribution in [1.82, 2.24) is 9.21 Å². The van der Waals surface area contributed by atoms with E-state index in [4.69, 9.17) is 15.2 Å². The fraction of sp³-hybridized carbons (Fsp3) is 0.432. The molecular formula is C37H49N5O8S. The van der Waals surface area contributed by atoms with Crippen molar-refractivity contribution < 1.29 is 37.4 Å². The lowest BCUT2D eigenvalue weighted by atomic mass is 10.0. The van der Waals surface area contributed by atoms with E-state index in [1.165, 1.54) is 30.6 Å². The predicted molar refractivity (Wildman–Crippen MR) is 196 cm³/mol. The molecular weight excluding hydrogens is 675 g/mol. The minimum atomic E-state index is -3.88. The molecule has 4 rings (SSSR count). The van der Waals surface area contributed by atoms with Gasteiger partial charge in [-0.1, -0.05) is 25.5 Å². The number of nitrogens with two attached hydrogens (primary N) is 1. The number of methoxy groups -OCH3 is 1. The summed E-state index contributed by atoms with van der Waals surface area (Å²) in [6, 6.07) is 17.8. The molecule has 0 saturated carbocycles. The fourth-order valence-electron chi connectivity index (χ4n) is 5.80. The summed E-state index contributed by atoms with van der Waals surface area (Å²) in [6.07, 6.45) is 1.73. The molecule has 14 heteroatoms. The van der Waals surface area contributed by atoms with Crippen molar-refractivity contribution >= 4 is 44.8 Å². The summed E-state index contributed by atoms with van der Waals surface area (Å²) in [5.74, 6) is 0.0494. The van der Waals surface area contributed by atoms with Crippen LogP contribution in [0.4, 0.5) is 17.1 Å². The third-order valence-corrected chi connectivity index (χ3v) is 10.8. The summed E-state index contributed by atoms with van der Waals surface area (Å²) in [6.45, 7) is 3.62. The van der Waals surface area contributed by atoms with E-state index in [0.29, 0.717) is 59.8 Å². The third kappa shape index (κ3) is 10.7. The van der Waals surface area contributed by atoms with Gasteiger partial charge in [-0.25, -0.2) is 8.42 Å². The first-order chi connectivity index (χ1) is 24.3. The Bertz CT molecular complexity index is 1770. The lowest BCUT2D eigenvalue weighted by molar-refractivity contribution is -0.134. The SMILES string of the molecule is COc1ccc(S(=O)(=O)N(C)C[C@@H]2Oc3ccc(NC(=O)CCCCCC(=O)Nc4ccccc4N)cc3CC(=O)N([C@@H](C)CO)C[C@@H]2C)cc1. The van der Waals surface area contributed by atoms with Crippen LogP contribution in [0.1, 0.15) is 51.5 Å². The fourth-order valence-corrected chi connectivity index (χ4v) is 6.98. The predicted octanol–water partition coefficient (Wildman–Crippen LogP) is 4.27. The second kappa shape index (κ2) is 18.0. The summed E-state index contributed by atoms with van der Waals surface area (Å²) >= 11 is 0. The number of unbranched alkanes of at least 4 members (excludes halogenated alkanes) is 2. The molecule has 0 fully saturated rings. The Labute approximate surface area is 300 Å². The first-order valence-electron chi connectivity index (χ1n) is 17.1. The average Bonchev–Trinajstić information content (AvgIpc) is 3.15. The van der Waals surface area contributed by atoms with Gasteiger partial charge in [-0.15, -0.1) is 0 Å². The number of carbonyl (C=O) groups is 3. The van der Waals surface area contributed by atoms with E-state index in [1.54, 1.807) is 66.4 Å². The summed E-state index contributed by atoms with van der Waals surface area (Å²) in [5, 5.41) is 15.6. The second-order valence-corrected chi connectivity index (χ2v) is 15.0. The minimum absolute atomic E-state index is 0.00896. The maximum Gasteiger partial charge on any atom is 0.242 e. The van der Waals surface area contributed by atoms with Crippen LogP contribution in [0.25, 0.3) is 0 Å². The standard InChI is InChI=1S/C37H49N5O8S/c1-25-22-42(26(2)24-43)37(46)21-27-20-28(39-35(44)12-6-5-7-13-36(45)40-32-11-9-8-10-31(32)38)14-19-33(27)50-34(25)23-41(3)51(47,48)30-17-15-29(49-4)16-18-30/h8-11,14-20,25-26,34,43H,5-7,12-13,21-24,38H2,1-4H3,(H,39,44)(H,40,45)/t25-,26-,34-/m0/s1. The number of aliphatic hydroxyl groups is 1. The topological polar surface area (TPSA) is 181 Å². The van der Waals surface area contributed by atoms with Crippen molar-refractivity contribution in [2.75, 3.05) is 50.2 Å². The van der Waals surface area contributed by atoms with Crippen LogP contribution < -0.4 is 25.8 Å². The Morgan fingerprint density at radius 2 is 1.71 bits per heavy atom. The first kappa shape index (κ1) is 39.1. The number of benzene rings is 3. The number of hydrogen-bond acceptors (Lipinski definition) is 9. The van der Waals surface area contributed by atoms with Crippen molar-refractivity contribution in [3.8, 4) is 11.5 Å². The van der Waals surface area contributed by atoms with E-state index in [-0.39, 0.29) is 61.1 Å². The van der Waals surface area contributed by atoms with E-state index in [2.05, 4.69) is 10.6 Å². The maximum absolute atomic E-state index is 13.6. The summed E-state index contributed by atoms with van der Waals surface area (Å²) in [4.78, 5) is 40.4. The van der Waals surface area contributed by atoms with Crippen LogP contribution in [0.15, 0.2) is 71.6 Å². The Balaban J connectivity index is 1.42. The van der Waals surface area contributed by atoms with Crippen LogP contribution in [-0.2, 0) is 30.8 Å². The number of aliphatic hydroxyl groups excluding tert-OH is 1. The van der Waals surface area contributed by atoms with Gasteiger partial charge in [-0.05, 0) is 74.4 Å². The van der Waals surface area contributed by atoms with Gasteiger partial charge in [0.15, 0.2) is 0 Å². The number of fused-ring (bicyclic) bond motifs is 1. The monoisotopic (exact) mass is 723 g/mol. The minimum Gasteiger partial charge on any atom is -0.497 e. The first-order valence-corrected chi connectivity index (χ1v) is 18.5. The molecule has 51 heavy (non-hydrogen) atoms. The summed E-state index contributed by atoms with van der Waals surface area (Å²) < 4.78 is 39.8. The van der Waals surface area contributed by atoms with E-state index in [9.17, 15) is 27.9 Å². The molecule has 3 amide bonds. The van der Waals surface area contributed by atoms with Crippen molar-refractivity contribution in [3.05, 3.63) is 72.3 Å². The van der Waals surface area contributed by atoms with Gasteiger partial charge in [0.25, 0.3) is 0 Å². The normalized spacial score (nSPS) is 17.0. The van der Waals surface area contributed by atoms with Crippen LogP contribution in [0.3, 0.4) is 0 Å². The van der Waals surface area contributed by atoms with Crippen molar-refractivity contribution in [2.45, 2.75) is 69.4 Å². The molecule has 0 aromatic heterocycles. The van der Waals surface area contributed by atoms with Gasteiger partial charge in [0.05, 0.1) is 49.0 Å². The van der Waals surface area contributed by atoms with Crippen LogP contribution in [0.2, 0.25) is 0 Å². The Morgan fingerprint density at radius 3 is 2.35 bits per heavy atom. The lowest BCUT2D eigenvalue weighted by Gasteiger charge is -2.33. The number of nitrogens with one attached hydrogen (secondary N) is 2. The Kier molecular flexibility index (Phi) is 13.8. The molecule has 276 valence electrons. The zero-order valence-corrected chi connectivity index (χ0v) is 30.4. The van der Waals surface area contributed by atoms with Crippen molar-refractivity contribution in [2.24, 2.45) is 5.92 Å². The number of amides is 3. The zero-order chi connectivity index (χ0) is 37.1. The highest BCUT2D eigenvalue weighted by Gasteiger charge is 2.33. The molecule has 1 aliphatic rings. The second-order valence-electron chi connectivity index (χ2n) is 12.9. The molecule has 3 aromatic rings. The van der Waals surface area contributed by atoms with E-state index >= 15 is 0 Å². The highest BCUT2D eigenvalue weighted by Crippen LogP contribution is 2.30. The number of nitrogen functional groups attached to an aromatic ring is 1. The molecule has 0 bridgehead atoms. The van der Waals surface area contributed by atoms with Gasteiger partial charge in [0.2, 0.25) is 27.7 Å². The zero-order valence-electron chi connectivity index (χ0n) is 29.6. The lowest BCUT2D eigenvalue weighted by Crippen LogP contribution is -2.48. The number of anilines is 3. The smallest absolute Gasteiger partial charge is 0.242 e. The van der Waals surface area contributed by atoms with Gasteiger partial charge in [0.1, 0.15) is 17.6 Å². The van der Waals surface area contributed by atoms with Gasteiger partial charge in [0, 0.05) is 43.6 Å². The van der Waals surface area contributed by atoms with E-state index < -0.39 is 22.2 Å². The summed E-state index contributed by atoms with van der Waals surface area (Å²) in [7, 11) is -0.898. The Hall–Kier alpha value is -4.66. The molecule has 3 aromatic carbocycles. The number of ether oxygens (including phenoxy) is 2. The van der Waals surface area contributed by atoms with Gasteiger partial charge >= 0.3 is 0 Å². The molecule has 1 aliphatic heterocycles. The van der Waals surface area contributed by atoms with Gasteiger partial charge in [-0.2, -0.15) is 4.31 Å². The molecule has 0 aliphatic carbocycles. The molecule has 0 saturated heterocycles. The van der Waals surface area contributed by atoms with Crippen LogP contribution in [-0.4, -0.2) is 86.5 Å². The van der Waals surface area contributed by atoms with Crippen LogP contribution in [0, 0.1) is 5.92 Å². The summed E-state index contributed by atoms with van der Waals surface area (Å²) in [5.41, 5.74) is 7.97. The molecule has 0 radical (unpaired) electrons. The van der Waals surface area contributed by atoms with Crippen LogP contribution >= 0.6 is 0 Å².